The van der Waals surface area contributed by atoms with Crippen LogP contribution in [-0.4, -0.2) is 31.5 Å². The fourth-order valence-electron chi connectivity index (χ4n) is 4.03. The Balaban J connectivity index is 1.73. The summed E-state index contributed by atoms with van der Waals surface area (Å²) in [6.07, 6.45) is 5.26. The molecule has 3 aromatic rings. The Morgan fingerprint density at radius 2 is 1.86 bits per heavy atom. The lowest BCUT2D eigenvalue weighted by Gasteiger charge is -2.25. The Kier molecular flexibility index (Phi) is 4.81. The van der Waals surface area contributed by atoms with Crippen LogP contribution in [0.2, 0.25) is 0 Å². The van der Waals surface area contributed by atoms with E-state index in [0.717, 1.165) is 18.4 Å². The molecule has 1 saturated heterocycles. The molecule has 0 bridgehead atoms. The van der Waals surface area contributed by atoms with Crippen molar-refractivity contribution < 1.29 is 4.79 Å². The molecule has 1 aliphatic rings. The summed E-state index contributed by atoms with van der Waals surface area (Å²) < 4.78 is 2.60. The summed E-state index contributed by atoms with van der Waals surface area (Å²) in [5, 5.41) is 0.448. The highest BCUT2D eigenvalue weighted by atomic mass is 16.2. The zero-order chi connectivity index (χ0) is 19.7. The van der Waals surface area contributed by atoms with Crippen molar-refractivity contribution >= 4 is 16.8 Å². The van der Waals surface area contributed by atoms with Crippen LogP contribution in [0.5, 0.6) is 0 Å². The monoisotopic (exact) mass is 378 g/mol. The maximum atomic E-state index is 13.1. The van der Waals surface area contributed by atoms with Gasteiger partial charge in [-0.15, -0.1) is 0 Å². The first kappa shape index (κ1) is 18.2. The molecule has 1 atom stereocenters. The van der Waals surface area contributed by atoms with Gasteiger partial charge in [0.05, 0.1) is 16.9 Å². The molecule has 7 heteroatoms. The first-order chi connectivity index (χ1) is 13.6. The van der Waals surface area contributed by atoms with Gasteiger partial charge in [0, 0.05) is 25.5 Å². The number of likely N-dealkylation sites (tertiary alicyclic amines) is 1. The number of benzene rings is 1. The van der Waals surface area contributed by atoms with Gasteiger partial charge in [0.25, 0.3) is 5.56 Å². The van der Waals surface area contributed by atoms with E-state index in [1.54, 1.807) is 43.6 Å². The number of rotatable bonds is 4. The largest absolute Gasteiger partial charge is 0.334 e. The molecule has 0 radical (unpaired) electrons. The van der Waals surface area contributed by atoms with Crippen LogP contribution in [0.25, 0.3) is 10.9 Å². The third-order valence-electron chi connectivity index (χ3n) is 5.41. The molecule has 2 aromatic heterocycles. The molecule has 1 fully saturated rings. The summed E-state index contributed by atoms with van der Waals surface area (Å²) in [7, 11) is 0. The molecule has 0 saturated carbocycles. The predicted molar refractivity (Wildman–Crippen MR) is 106 cm³/mol. The minimum absolute atomic E-state index is 0.00505. The Labute approximate surface area is 161 Å². The molecular weight excluding hydrogens is 356 g/mol. The summed E-state index contributed by atoms with van der Waals surface area (Å²) in [5.41, 5.74) is 0.786. The summed E-state index contributed by atoms with van der Waals surface area (Å²) in [5.74, 6) is -0.118. The van der Waals surface area contributed by atoms with Crippen LogP contribution in [-0.2, 0) is 17.9 Å². The van der Waals surface area contributed by atoms with Crippen LogP contribution < -0.4 is 11.2 Å². The molecule has 0 spiro atoms. The van der Waals surface area contributed by atoms with Crippen molar-refractivity contribution in [2.24, 2.45) is 0 Å². The van der Waals surface area contributed by atoms with Crippen molar-refractivity contribution in [3.05, 3.63) is 75.2 Å². The smallest absolute Gasteiger partial charge is 0.331 e. The molecule has 3 heterocycles. The number of nitrogens with zero attached hydrogens (tertiary/aromatic N) is 4. The lowest BCUT2D eigenvalue weighted by molar-refractivity contribution is -0.132. The third-order valence-corrected chi connectivity index (χ3v) is 5.41. The van der Waals surface area contributed by atoms with E-state index in [2.05, 4.69) is 4.98 Å². The SMILES string of the molecule is CCn1c(=O)c2ccccc2n(CC(=O)N2CCC[C@@H]2c2ccncc2)c1=O. The number of fused-ring (bicyclic) bond motifs is 1. The molecule has 0 N–H and O–H groups in total. The van der Waals surface area contributed by atoms with E-state index in [1.165, 1.54) is 9.13 Å². The Morgan fingerprint density at radius 1 is 1.11 bits per heavy atom. The second-order valence-corrected chi connectivity index (χ2v) is 6.96. The highest BCUT2D eigenvalue weighted by Gasteiger charge is 2.30. The zero-order valence-corrected chi connectivity index (χ0v) is 15.7. The van der Waals surface area contributed by atoms with E-state index in [0.29, 0.717) is 17.4 Å². The minimum Gasteiger partial charge on any atom is -0.334 e. The molecule has 1 aromatic carbocycles. The number of pyridine rings is 1. The Hall–Kier alpha value is -3.22. The van der Waals surface area contributed by atoms with E-state index < -0.39 is 5.69 Å². The number of para-hydroxylation sites is 1. The first-order valence-electron chi connectivity index (χ1n) is 9.53. The summed E-state index contributed by atoms with van der Waals surface area (Å²) >= 11 is 0. The average molecular weight is 378 g/mol. The molecule has 1 aliphatic heterocycles. The number of hydrogen-bond donors (Lipinski definition) is 0. The van der Waals surface area contributed by atoms with E-state index in [1.807, 2.05) is 17.0 Å². The first-order valence-corrected chi connectivity index (χ1v) is 9.53. The second-order valence-electron chi connectivity index (χ2n) is 6.96. The third kappa shape index (κ3) is 3.02. The van der Waals surface area contributed by atoms with Gasteiger partial charge in [0.1, 0.15) is 6.54 Å². The van der Waals surface area contributed by atoms with Gasteiger partial charge in [-0.2, -0.15) is 0 Å². The minimum atomic E-state index is -0.445. The highest BCUT2D eigenvalue weighted by Crippen LogP contribution is 2.31. The van der Waals surface area contributed by atoms with Gasteiger partial charge in [0.2, 0.25) is 5.91 Å². The van der Waals surface area contributed by atoms with Crippen molar-refractivity contribution in [2.45, 2.75) is 38.9 Å². The zero-order valence-electron chi connectivity index (χ0n) is 15.7. The van der Waals surface area contributed by atoms with E-state index >= 15 is 0 Å². The number of carbonyl (C=O) groups is 1. The topological polar surface area (TPSA) is 77.2 Å². The van der Waals surface area contributed by atoms with Crippen molar-refractivity contribution in [1.82, 2.24) is 19.0 Å². The van der Waals surface area contributed by atoms with Gasteiger partial charge >= 0.3 is 5.69 Å². The van der Waals surface area contributed by atoms with E-state index in [9.17, 15) is 14.4 Å². The highest BCUT2D eigenvalue weighted by molar-refractivity contribution is 5.82. The maximum absolute atomic E-state index is 13.1. The van der Waals surface area contributed by atoms with Crippen LogP contribution in [0.1, 0.15) is 31.4 Å². The number of carbonyl (C=O) groups excluding carboxylic acids is 1. The standard InChI is InChI=1S/C21H22N4O3/c1-2-23-20(27)16-6-3-4-7-18(16)25(21(23)28)14-19(26)24-13-5-8-17(24)15-9-11-22-12-10-15/h3-4,6-7,9-12,17H,2,5,8,13-14H2,1H3/t17-/m1/s1. The van der Waals surface area contributed by atoms with Gasteiger partial charge in [-0.25, -0.2) is 4.79 Å². The molecule has 4 rings (SSSR count). The lowest BCUT2D eigenvalue weighted by atomic mass is 10.1. The van der Waals surface area contributed by atoms with Crippen LogP contribution in [0, 0.1) is 0 Å². The van der Waals surface area contributed by atoms with Crippen molar-refractivity contribution in [1.29, 1.82) is 0 Å². The Morgan fingerprint density at radius 3 is 2.61 bits per heavy atom. The molecule has 1 amide bonds. The fraction of sp³-hybridized carbons (Fsp3) is 0.333. The average Bonchev–Trinajstić information content (AvgIpc) is 3.22. The van der Waals surface area contributed by atoms with E-state index in [4.69, 9.17) is 0 Å². The van der Waals surface area contributed by atoms with Gasteiger partial charge in [-0.1, -0.05) is 12.1 Å². The van der Waals surface area contributed by atoms with Gasteiger partial charge in [0.15, 0.2) is 0 Å². The number of amides is 1. The fourth-order valence-corrected chi connectivity index (χ4v) is 4.03. The predicted octanol–water partition coefficient (Wildman–Crippen LogP) is 1.94. The second kappa shape index (κ2) is 7.42. The molecule has 28 heavy (non-hydrogen) atoms. The van der Waals surface area contributed by atoms with Gasteiger partial charge in [-0.3, -0.25) is 23.7 Å². The van der Waals surface area contributed by atoms with E-state index in [-0.39, 0.29) is 30.6 Å². The molecule has 7 nitrogen and oxygen atoms in total. The quantitative estimate of drug-likeness (QED) is 0.695. The normalized spacial score (nSPS) is 16.6. The molecule has 144 valence electrons. The Bertz CT molecular complexity index is 1130. The van der Waals surface area contributed by atoms with Crippen molar-refractivity contribution in [3.8, 4) is 0 Å². The van der Waals surface area contributed by atoms with Crippen molar-refractivity contribution in [3.63, 3.8) is 0 Å². The van der Waals surface area contributed by atoms with Crippen LogP contribution >= 0.6 is 0 Å². The van der Waals surface area contributed by atoms with Crippen LogP contribution in [0.3, 0.4) is 0 Å². The molecular formula is C21H22N4O3. The molecule has 0 aliphatic carbocycles. The maximum Gasteiger partial charge on any atom is 0.331 e. The van der Waals surface area contributed by atoms with Gasteiger partial charge < -0.3 is 4.90 Å². The van der Waals surface area contributed by atoms with Crippen LogP contribution in [0.15, 0.2) is 58.4 Å². The van der Waals surface area contributed by atoms with Gasteiger partial charge in [-0.05, 0) is 49.6 Å². The number of aromatic nitrogens is 3. The summed E-state index contributed by atoms with van der Waals surface area (Å²) in [4.78, 5) is 44.5. The lowest BCUT2D eigenvalue weighted by Crippen LogP contribution is -2.43. The van der Waals surface area contributed by atoms with Crippen molar-refractivity contribution in [2.75, 3.05) is 6.54 Å². The summed E-state index contributed by atoms with van der Waals surface area (Å²) in [6, 6.07) is 10.8. The number of hydrogen-bond acceptors (Lipinski definition) is 4. The van der Waals surface area contributed by atoms with Crippen LogP contribution in [0.4, 0.5) is 0 Å². The molecule has 0 unspecified atom stereocenters. The summed E-state index contributed by atoms with van der Waals surface area (Å²) in [6.45, 7) is 2.59.